The maximum absolute atomic E-state index is 4.62. The maximum Gasteiger partial charge on any atom is 0.222 e. The molecule has 0 amide bonds. The Kier molecular flexibility index (Phi) is 3.71. The summed E-state index contributed by atoms with van der Waals surface area (Å²) in [7, 11) is 0. The van der Waals surface area contributed by atoms with Gasteiger partial charge in [-0.15, -0.1) is 11.3 Å². The molecule has 128 valence electrons. The molecule has 0 aliphatic carbocycles. The minimum absolute atomic E-state index is 0.468. The molecule has 3 aliphatic rings. The van der Waals surface area contributed by atoms with E-state index in [4.69, 9.17) is 0 Å². The van der Waals surface area contributed by atoms with Crippen molar-refractivity contribution in [3.8, 4) is 11.1 Å². The summed E-state index contributed by atoms with van der Waals surface area (Å²) < 4.78 is 1.31. The number of hydrogen-bond acceptors (Lipinski definition) is 5. The first-order chi connectivity index (χ1) is 12.3. The third-order valence-corrected chi connectivity index (χ3v) is 6.88. The summed E-state index contributed by atoms with van der Waals surface area (Å²) in [4.78, 5) is 11.8. The Morgan fingerprint density at radius 2 is 1.88 bits per heavy atom. The van der Waals surface area contributed by atoms with Gasteiger partial charge in [0.2, 0.25) is 5.95 Å². The van der Waals surface area contributed by atoms with E-state index in [1.54, 1.807) is 11.3 Å². The van der Waals surface area contributed by atoms with Gasteiger partial charge in [0.15, 0.2) is 0 Å². The fourth-order valence-electron chi connectivity index (χ4n) is 4.44. The fraction of sp³-hybridized carbons (Fsp3) is 0.400. The Morgan fingerprint density at radius 1 is 1.12 bits per heavy atom. The van der Waals surface area contributed by atoms with E-state index in [2.05, 4.69) is 56.8 Å². The average molecular weight is 350 g/mol. The van der Waals surface area contributed by atoms with Crippen molar-refractivity contribution in [1.82, 2.24) is 14.9 Å². The first-order valence-electron chi connectivity index (χ1n) is 9.09. The van der Waals surface area contributed by atoms with E-state index < -0.39 is 0 Å². The number of aromatic nitrogens is 2. The van der Waals surface area contributed by atoms with Gasteiger partial charge in [0.1, 0.15) is 0 Å². The van der Waals surface area contributed by atoms with Gasteiger partial charge in [-0.2, -0.15) is 0 Å². The van der Waals surface area contributed by atoms with Crippen LogP contribution in [0.1, 0.15) is 19.8 Å². The molecule has 1 aromatic carbocycles. The van der Waals surface area contributed by atoms with Gasteiger partial charge >= 0.3 is 0 Å². The van der Waals surface area contributed by atoms with Crippen molar-refractivity contribution in [3.63, 3.8) is 0 Å². The van der Waals surface area contributed by atoms with E-state index in [-0.39, 0.29) is 0 Å². The SMILES string of the molecule is C[C@@H]1[C@@H](Nc2ncc(-c3csc4ccccc34)cn2)C2CCN1CC2. The second kappa shape index (κ2) is 6.07. The molecule has 0 spiro atoms. The van der Waals surface area contributed by atoms with Crippen molar-refractivity contribution in [3.05, 3.63) is 42.0 Å². The molecule has 3 aromatic rings. The van der Waals surface area contributed by atoms with Crippen LogP contribution in [0.3, 0.4) is 0 Å². The van der Waals surface area contributed by atoms with Crippen LogP contribution in [0.5, 0.6) is 0 Å². The summed E-state index contributed by atoms with van der Waals surface area (Å²) in [6.45, 7) is 4.82. The number of nitrogens with zero attached hydrogens (tertiary/aromatic N) is 3. The summed E-state index contributed by atoms with van der Waals surface area (Å²) >= 11 is 1.77. The van der Waals surface area contributed by atoms with Crippen molar-refractivity contribution in [2.24, 2.45) is 5.92 Å². The third kappa shape index (κ3) is 2.62. The van der Waals surface area contributed by atoms with Gasteiger partial charge in [-0.25, -0.2) is 9.97 Å². The molecular weight excluding hydrogens is 328 g/mol. The molecule has 5 heteroatoms. The van der Waals surface area contributed by atoms with Crippen molar-refractivity contribution in [1.29, 1.82) is 0 Å². The number of thiophene rings is 1. The lowest BCUT2D eigenvalue weighted by atomic mass is 9.79. The molecule has 0 saturated carbocycles. The topological polar surface area (TPSA) is 41.1 Å². The number of rotatable bonds is 3. The minimum Gasteiger partial charge on any atom is -0.350 e. The number of benzene rings is 1. The largest absolute Gasteiger partial charge is 0.350 e. The van der Waals surface area contributed by atoms with E-state index in [0.717, 1.165) is 17.4 Å². The molecule has 2 atom stereocenters. The lowest BCUT2D eigenvalue weighted by molar-refractivity contribution is 0.0455. The molecular formula is C20H22N4S. The van der Waals surface area contributed by atoms with Gasteiger partial charge in [-0.1, -0.05) is 18.2 Å². The van der Waals surface area contributed by atoms with Crippen LogP contribution in [0.25, 0.3) is 21.2 Å². The molecule has 1 N–H and O–H groups in total. The normalized spacial score (nSPS) is 28.4. The van der Waals surface area contributed by atoms with E-state index >= 15 is 0 Å². The number of nitrogens with one attached hydrogen (secondary N) is 1. The molecule has 3 saturated heterocycles. The predicted molar refractivity (Wildman–Crippen MR) is 104 cm³/mol. The zero-order valence-electron chi connectivity index (χ0n) is 14.4. The van der Waals surface area contributed by atoms with E-state index in [0.29, 0.717) is 12.1 Å². The molecule has 3 aliphatic heterocycles. The van der Waals surface area contributed by atoms with Crippen LogP contribution >= 0.6 is 11.3 Å². The lowest BCUT2D eigenvalue weighted by Gasteiger charge is -2.49. The second-order valence-corrected chi connectivity index (χ2v) is 8.14. The second-order valence-electron chi connectivity index (χ2n) is 7.23. The summed E-state index contributed by atoms with van der Waals surface area (Å²) in [5, 5.41) is 7.09. The van der Waals surface area contributed by atoms with Crippen LogP contribution in [0.2, 0.25) is 0 Å². The Bertz CT molecular complexity index is 878. The molecule has 3 fully saturated rings. The fourth-order valence-corrected chi connectivity index (χ4v) is 5.41. The van der Waals surface area contributed by atoms with Crippen molar-refractivity contribution in [2.45, 2.75) is 31.8 Å². The zero-order valence-corrected chi connectivity index (χ0v) is 15.2. The zero-order chi connectivity index (χ0) is 16.8. The first kappa shape index (κ1) is 15.3. The summed E-state index contributed by atoms with van der Waals surface area (Å²) in [5.41, 5.74) is 2.31. The molecule has 25 heavy (non-hydrogen) atoms. The molecule has 2 bridgehead atoms. The van der Waals surface area contributed by atoms with Gasteiger partial charge < -0.3 is 5.32 Å². The van der Waals surface area contributed by atoms with Crippen LogP contribution < -0.4 is 5.32 Å². The quantitative estimate of drug-likeness (QED) is 0.766. The van der Waals surface area contributed by atoms with Gasteiger partial charge in [0, 0.05) is 45.7 Å². The van der Waals surface area contributed by atoms with Gasteiger partial charge in [0.05, 0.1) is 0 Å². The average Bonchev–Trinajstić information content (AvgIpc) is 3.10. The predicted octanol–water partition coefficient (Wildman–Crippen LogP) is 4.25. The van der Waals surface area contributed by atoms with Crippen molar-refractivity contribution >= 4 is 27.4 Å². The number of hydrogen-bond donors (Lipinski definition) is 1. The standard InChI is InChI=1S/C20H22N4S/c1-13-19(14-6-8-24(13)9-7-14)23-20-21-10-15(11-22-20)17-12-25-18-5-3-2-4-16(17)18/h2-5,10-14,19H,6-9H2,1H3,(H,21,22,23)/t13-,19-/m1/s1. The Balaban J connectivity index is 1.39. The summed E-state index contributed by atoms with van der Waals surface area (Å²) in [6.07, 6.45) is 6.49. The van der Waals surface area contributed by atoms with Crippen LogP contribution in [-0.4, -0.2) is 40.0 Å². The monoisotopic (exact) mass is 350 g/mol. The van der Waals surface area contributed by atoms with Gasteiger partial charge in [0.25, 0.3) is 0 Å². The highest BCUT2D eigenvalue weighted by molar-refractivity contribution is 7.17. The lowest BCUT2D eigenvalue weighted by Crippen LogP contribution is -2.59. The molecule has 4 nitrogen and oxygen atoms in total. The molecule has 6 rings (SSSR count). The van der Waals surface area contributed by atoms with E-state index in [1.807, 2.05) is 12.4 Å². The van der Waals surface area contributed by atoms with Crippen LogP contribution in [0, 0.1) is 5.92 Å². The minimum atomic E-state index is 0.468. The molecule has 5 heterocycles. The van der Waals surface area contributed by atoms with E-state index in [1.165, 1.54) is 41.6 Å². The maximum atomic E-state index is 4.62. The van der Waals surface area contributed by atoms with Gasteiger partial charge in [-0.05, 0) is 50.2 Å². The Morgan fingerprint density at radius 3 is 2.64 bits per heavy atom. The number of piperidine rings is 3. The number of anilines is 1. The molecule has 0 radical (unpaired) electrons. The summed E-state index contributed by atoms with van der Waals surface area (Å²) in [5.74, 6) is 1.51. The van der Waals surface area contributed by atoms with Crippen molar-refractivity contribution < 1.29 is 0 Å². The smallest absolute Gasteiger partial charge is 0.222 e. The highest BCUT2D eigenvalue weighted by Crippen LogP contribution is 2.35. The van der Waals surface area contributed by atoms with Crippen LogP contribution in [0.4, 0.5) is 5.95 Å². The molecule has 2 aromatic heterocycles. The Hall–Kier alpha value is -1.98. The highest BCUT2D eigenvalue weighted by Gasteiger charge is 2.39. The Labute approximate surface area is 151 Å². The molecule has 0 unspecified atom stereocenters. The third-order valence-electron chi connectivity index (χ3n) is 5.92. The first-order valence-corrected chi connectivity index (χ1v) is 9.97. The summed E-state index contributed by atoms with van der Waals surface area (Å²) in [6, 6.07) is 9.54. The van der Waals surface area contributed by atoms with Gasteiger partial charge in [-0.3, -0.25) is 4.90 Å². The highest BCUT2D eigenvalue weighted by atomic mass is 32.1. The van der Waals surface area contributed by atoms with E-state index in [9.17, 15) is 0 Å². The van der Waals surface area contributed by atoms with Crippen LogP contribution in [0.15, 0.2) is 42.0 Å². The number of fused-ring (bicyclic) bond motifs is 4. The van der Waals surface area contributed by atoms with Crippen molar-refractivity contribution in [2.75, 3.05) is 18.4 Å². The van der Waals surface area contributed by atoms with Crippen LogP contribution in [-0.2, 0) is 0 Å².